The maximum absolute atomic E-state index is 10.7. The Labute approximate surface area is 165 Å². The summed E-state index contributed by atoms with van der Waals surface area (Å²) in [5.41, 5.74) is -1.53. The molecule has 0 spiro atoms. The largest absolute Gasteiger partial charge is 1.00 e. The van der Waals surface area contributed by atoms with Crippen LogP contribution < -0.4 is 68.9 Å². The summed E-state index contributed by atoms with van der Waals surface area (Å²) in [5, 5.41) is 21.6. The quantitative estimate of drug-likeness (QED) is 0.0819. The first-order chi connectivity index (χ1) is 8.62. The first-order valence-corrected chi connectivity index (χ1v) is 8.29. The molecule has 14 heteroatoms. The van der Waals surface area contributed by atoms with E-state index < -0.39 is 26.1 Å². The molecule has 0 saturated carbocycles. The molecule has 0 amide bonds. The van der Waals surface area contributed by atoms with Crippen LogP contribution >= 0.6 is 15.2 Å². The van der Waals surface area contributed by atoms with Crippen molar-refractivity contribution in [3.8, 4) is 0 Å². The Kier molecular flexibility index (Phi) is 16.3. The molecule has 0 aromatic rings. The van der Waals surface area contributed by atoms with E-state index in [1.165, 1.54) is 0 Å². The van der Waals surface area contributed by atoms with Crippen LogP contribution in [0.3, 0.4) is 0 Å². The van der Waals surface area contributed by atoms with Gasteiger partial charge in [-0.2, -0.15) is 0 Å². The predicted molar refractivity (Wildman–Crippen MR) is 61.2 cm³/mol. The molecule has 112 valence electrons. The first kappa shape index (κ1) is 27.1. The van der Waals surface area contributed by atoms with Gasteiger partial charge in [0.15, 0.2) is 5.45 Å². The fourth-order valence-electron chi connectivity index (χ4n) is 1.24. The zero-order valence-electron chi connectivity index (χ0n) is 11.7. The standard InChI is InChI=1S/C7H16N2O8P2.2Na/c10-8-6(18(12,13)14)4-2-1-3-5-7(9-11)19(15,16)17;;/h10-11H,1-5H2,(H2,12,13,14)(H2,15,16,17);;/q;2*+1/p-2. The molecule has 0 bridgehead atoms. The van der Waals surface area contributed by atoms with E-state index in [9.17, 15) is 18.9 Å². The summed E-state index contributed by atoms with van der Waals surface area (Å²) in [5.74, 6) is 0. The molecule has 0 aliphatic heterocycles. The van der Waals surface area contributed by atoms with E-state index in [2.05, 4.69) is 10.3 Å². The number of rotatable bonds is 8. The summed E-state index contributed by atoms with van der Waals surface area (Å²) < 4.78 is 21.3. The van der Waals surface area contributed by atoms with E-state index in [0.29, 0.717) is 6.42 Å². The Morgan fingerprint density at radius 3 is 1.52 bits per heavy atom. The van der Waals surface area contributed by atoms with Gasteiger partial charge < -0.3 is 34.6 Å². The molecule has 0 unspecified atom stereocenters. The molecule has 0 aromatic carbocycles. The summed E-state index contributed by atoms with van der Waals surface area (Å²) in [6, 6.07) is 0. The summed E-state index contributed by atoms with van der Waals surface area (Å²) in [4.78, 5) is 38.5. The fraction of sp³-hybridized carbons (Fsp3) is 0.714. The fourth-order valence-corrected chi connectivity index (χ4v) is 2.35. The minimum atomic E-state index is -5.06. The van der Waals surface area contributed by atoms with Crippen LogP contribution in [-0.2, 0) is 9.13 Å². The van der Waals surface area contributed by atoms with Crippen LogP contribution in [-0.4, -0.2) is 31.1 Å². The van der Waals surface area contributed by atoms with Crippen LogP contribution in [0.1, 0.15) is 32.1 Å². The van der Waals surface area contributed by atoms with Crippen LogP contribution in [0.15, 0.2) is 10.3 Å². The maximum Gasteiger partial charge on any atom is 1.00 e. The van der Waals surface area contributed by atoms with Gasteiger partial charge in [0.05, 0.1) is 5.45 Å². The van der Waals surface area contributed by atoms with Crippen molar-refractivity contribution in [2.75, 3.05) is 0 Å². The molecular formula is C7H14N2Na2O8P2. The normalized spacial score (nSPS) is 13.3. The van der Waals surface area contributed by atoms with Gasteiger partial charge in [0.25, 0.3) is 0 Å². The van der Waals surface area contributed by atoms with Gasteiger partial charge in [-0.3, -0.25) is 4.57 Å². The van der Waals surface area contributed by atoms with Crippen molar-refractivity contribution in [3.63, 3.8) is 0 Å². The third-order valence-corrected chi connectivity index (χ3v) is 4.11. The zero-order chi connectivity index (χ0) is 15.1. The second kappa shape index (κ2) is 12.6. The molecule has 0 aliphatic carbocycles. The van der Waals surface area contributed by atoms with Crippen molar-refractivity contribution in [2.45, 2.75) is 32.1 Å². The number of nitrogens with zero attached hydrogens (tertiary/aromatic N) is 2. The van der Waals surface area contributed by atoms with Gasteiger partial charge in [-0.1, -0.05) is 16.7 Å². The SMILES string of the molecule is O=P([O-])([O-])C(CCCCCC(=NO)P(=O)(O)O)=NO.[Na+].[Na+]. The van der Waals surface area contributed by atoms with E-state index >= 15 is 0 Å². The summed E-state index contributed by atoms with van der Waals surface area (Å²) in [6.45, 7) is 0. The van der Waals surface area contributed by atoms with Crippen LogP contribution in [0.2, 0.25) is 0 Å². The molecule has 0 atom stereocenters. The van der Waals surface area contributed by atoms with Gasteiger partial charge in [-0.25, -0.2) is 0 Å². The van der Waals surface area contributed by atoms with Gasteiger partial charge in [-0.05, 0) is 26.9 Å². The molecule has 10 nitrogen and oxygen atoms in total. The second-order valence-electron chi connectivity index (χ2n) is 3.63. The Morgan fingerprint density at radius 2 is 1.24 bits per heavy atom. The summed E-state index contributed by atoms with van der Waals surface area (Å²) >= 11 is 0. The molecule has 4 N–H and O–H groups in total. The first-order valence-electron chi connectivity index (χ1n) is 5.13. The Hall–Kier alpha value is 1.24. The summed E-state index contributed by atoms with van der Waals surface area (Å²) in [6.07, 6.45) is 0.262. The van der Waals surface area contributed by atoms with Crippen molar-refractivity contribution >= 4 is 26.1 Å². The minimum absolute atomic E-state index is 0. The van der Waals surface area contributed by atoms with Crippen molar-refractivity contribution in [2.24, 2.45) is 10.3 Å². The van der Waals surface area contributed by atoms with Crippen molar-refractivity contribution in [1.82, 2.24) is 0 Å². The second-order valence-corrected chi connectivity index (χ2v) is 6.75. The molecule has 0 fully saturated rings. The molecule has 0 aliphatic rings. The summed E-state index contributed by atoms with van der Waals surface area (Å²) in [7, 11) is -9.65. The third kappa shape index (κ3) is 12.3. The van der Waals surface area contributed by atoms with Crippen molar-refractivity contribution in [1.29, 1.82) is 0 Å². The Balaban J connectivity index is -0.00000162. The van der Waals surface area contributed by atoms with Crippen molar-refractivity contribution in [3.05, 3.63) is 0 Å². The van der Waals surface area contributed by atoms with Gasteiger partial charge in [0.2, 0.25) is 0 Å². The topological polar surface area (TPSA) is 186 Å². The van der Waals surface area contributed by atoms with E-state index in [1.807, 2.05) is 0 Å². The Morgan fingerprint density at radius 1 is 0.857 bits per heavy atom. The van der Waals surface area contributed by atoms with Gasteiger partial charge in [0, 0.05) is 6.42 Å². The van der Waals surface area contributed by atoms with E-state index in [4.69, 9.17) is 20.2 Å². The molecule has 21 heavy (non-hydrogen) atoms. The van der Waals surface area contributed by atoms with Gasteiger partial charge >= 0.3 is 66.7 Å². The van der Waals surface area contributed by atoms with Crippen molar-refractivity contribution < 1.29 is 98.2 Å². The number of hydrogen-bond acceptors (Lipinski definition) is 8. The van der Waals surface area contributed by atoms with Crippen LogP contribution in [0.4, 0.5) is 0 Å². The number of oxime groups is 2. The predicted octanol–water partition coefficient (Wildman–Crippen LogP) is -6.39. The number of unbranched alkanes of at least 4 members (excludes halogenated alkanes) is 2. The van der Waals surface area contributed by atoms with Crippen LogP contribution in [0.25, 0.3) is 0 Å². The number of hydrogen-bond donors (Lipinski definition) is 4. The van der Waals surface area contributed by atoms with Gasteiger partial charge in [0.1, 0.15) is 0 Å². The molecule has 0 saturated heterocycles. The molecule has 0 heterocycles. The smallest absolute Gasteiger partial charge is 0.806 e. The van der Waals surface area contributed by atoms with Crippen LogP contribution in [0.5, 0.6) is 0 Å². The van der Waals surface area contributed by atoms with E-state index in [1.54, 1.807) is 0 Å². The molecular weight excluding hydrogens is 348 g/mol. The zero-order valence-corrected chi connectivity index (χ0v) is 17.5. The Bertz CT molecular complexity index is 406. The average molecular weight is 362 g/mol. The monoisotopic (exact) mass is 362 g/mol. The van der Waals surface area contributed by atoms with E-state index in [0.717, 1.165) is 0 Å². The van der Waals surface area contributed by atoms with E-state index in [-0.39, 0.29) is 84.8 Å². The van der Waals surface area contributed by atoms with Gasteiger partial charge in [-0.15, -0.1) is 0 Å². The third-order valence-electron chi connectivity index (χ3n) is 2.18. The van der Waals surface area contributed by atoms with Crippen LogP contribution in [0, 0.1) is 0 Å². The molecule has 0 rings (SSSR count). The molecule has 0 radical (unpaired) electrons. The average Bonchev–Trinajstić information content (AvgIpc) is 2.24. The molecule has 0 aromatic heterocycles. The minimum Gasteiger partial charge on any atom is -0.806 e. The maximum atomic E-state index is 10.7.